The minimum absolute atomic E-state index is 0.194. The molecular formula is C31H33Cl2FeN3. The number of hydrogen-bond donors (Lipinski definition) is 0. The zero-order chi connectivity index (χ0) is 27.3. The molecule has 37 heavy (non-hydrogen) atoms. The summed E-state index contributed by atoms with van der Waals surface area (Å²) >= 11 is 0.194. The predicted octanol–water partition coefficient (Wildman–Crippen LogP) is 9.58. The van der Waals surface area contributed by atoms with Crippen LogP contribution < -0.4 is 0 Å². The van der Waals surface area contributed by atoms with E-state index in [1.54, 1.807) is 0 Å². The molecule has 0 fully saturated rings. The average Bonchev–Trinajstić information content (AvgIpc) is 2.86. The topological polar surface area (TPSA) is 37.6 Å². The summed E-state index contributed by atoms with van der Waals surface area (Å²) in [6, 6.07) is 14.9. The second-order valence-corrected chi connectivity index (χ2v) is 11.3. The van der Waals surface area contributed by atoms with E-state index in [1.165, 1.54) is 44.5 Å². The van der Waals surface area contributed by atoms with E-state index in [2.05, 4.69) is 91.8 Å². The number of halogens is 2. The van der Waals surface area contributed by atoms with E-state index >= 15 is 0 Å². The first-order valence-electron chi connectivity index (χ1n) is 12.1. The average molecular weight is 574 g/mol. The second-order valence-electron chi connectivity index (χ2n) is 9.44. The van der Waals surface area contributed by atoms with Gasteiger partial charge in [-0.1, -0.05) is 36.4 Å². The van der Waals surface area contributed by atoms with Crippen molar-refractivity contribution in [2.24, 2.45) is 9.98 Å². The third-order valence-electron chi connectivity index (χ3n) is 7.08. The molecule has 0 bridgehead atoms. The monoisotopic (exact) mass is 573 g/mol. The first kappa shape index (κ1) is 29.1. The van der Waals surface area contributed by atoms with Crippen molar-refractivity contribution in [1.82, 2.24) is 4.98 Å². The fraction of sp³-hybridized carbons (Fsp3) is 0.258. The maximum atomic E-state index is 4.94. The number of fused-ring (bicyclic) bond motifs is 1. The van der Waals surface area contributed by atoms with Crippen molar-refractivity contribution >= 4 is 54.8 Å². The molecule has 194 valence electrons. The molecule has 0 spiro atoms. The van der Waals surface area contributed by atoms with Crippen molar-refractivity contribution in [2.45, 2.75) is 55.4 Å². The van der Waals surface area contributed by atoms with Crippen LogP contribution in [-0.2, 0) is 13.1 Å². The van der Waals surface area contributed by atoms with Gasteiger partial charge in [-0.25, -0.2) is 4.98 Å². The first-order chi connectivity index (χ1) is 17.6. The van der Waals surface area contributed by atoms with Gasteiger partial charge in [-0.15, -0.1) is 0 Å². The fourth-order valence-corrected chi connectivity index (χ4v) is 4.45. The van der Waals surface area contributed by atoms with E-state index in [1.807, 2.05) is 18.5 Å². The predicted molar refractivity (Wildman–Crippen MR) is 159 cm³/mol. The summed E-state index contributed by atoms with van der Waals surface area (Å²) in [6.07, 6.45) is 3.78. The fourth-order valence-electron chi connectivity index (χ4n) is 4.45. The molecule has 0 aliphatic carbocycles. The summed E-state index contributed by atoms with van der Waals surface area (Å²) < 4.78 is 0. The molecule has 0 atom stereocenters. The molecule has 4 rings (SSSR count). The van der Waals surface area contributed by atoms with Crippen molar-refractivity contribution in [3.8, 4) is 0 Å². The number of hydrogen-bond acceptors (Lipinski definition) is 3. The molecule has 0 aliphatic heterocycles. The van der Waals surface area contributed by atoms with E-state index in [9.17, 15) is 0 Å². The Morgan fingerprint density at radius 3 is 1.57 bits per heavy atom. The molecule has 3 nitrogen and oxygen atoms in total. The van der Waals surface area contributed by atoms with Crippen molar-refractivity contribution in [3.05, 3.63) is 98.4 Å². The van der Waals surface area contributed by atoms with Crippen molar-refractivity contribution in [3.63, 3.8) is 0 Å². The van der Waals surface area contributed by atoms with Gasteiger partial charge in [0.05, 0.1) is 35.2 Å². The standard InChI is InChI=1S/C31H33N3.2ClH.Fe/c1-18-13-19(2)23(6)30(22(18)5)32-16-27-15-26-11-9-10-12-28(26)29(34-27)17-33-31-24(7)20(3)14-21(4)25(31)8;;;/h9-17H,1-8H3;2*1H;/q;;;+2/p-2. The van der Waals surface area contributed by atoms with Crippen LogP contribution in [0.15, 0.2) is 52.4 Å². The Balaban J connectivity index is 0.00000121. The van der Waals surface area contributed by atoms with Gasteiger partial charge in [0.2, 0.25) is 0 Å². The number of aryl methyl sites for hydroxylation is 4. The van der Waals surface area contributed by atoms with Crippen LogP contribution in [0, 0.1) is 55.4 Å². The summed E-state index contributed by atoms with van der Waals surface area (Å²) in [7, 11) is 9.53. The first-order valence-corrected chi connectivity index (χ1v) is 15.1. The van der Waals surface area contributed by atoms with E-state index in [4.69, 9.17) is 35.2 Å². The third kappa shape index (κ3) is 6.69. The van der Waals surface area contributed by atoms with Crippen LogP contribution in [0.25, 0.3) is 10.8 Å². The van der Waals surface area contributed by atoms with Crippen LogP contribution >= 0.6 is 20.2 Å². The van der Waals surface area contributed by atoms with Gasteiger partial charge in [0.1, 0.15) is 0 Å². The quantitative estimate of drug-likeness (QED) is 0.177. The number of aromatic nitrogens is 1. The van der Waals surface area contributed by atoms with E-state index in [0.29, 0.717) is 0 Å². The summed E-state index contributed by atoms with van der Waals surface area (Å²) in [5.41, 5.74) is 13.6. The summed E-state index contributed by atoms with van der Waals surface area (Å²) in [5, 5.41) is 2.21. The molecule has 0 unspecified atom stereocenters. The minimum atomic E-state index is 0.194. The molecule has 4 aromatic rings. The zero-order valence-corrected chi connectivity index (χ0v) is 25.3. The SMILES string of the molecule is Cc1cc(C)c(C)c(N=Cc2cc3ccccc3c(C=Nc3c(C)c(C)cc(C)c3C)n2)c1C.[Cl][Fe][Cl]. The van der Waals surface area contributed by atoms with Crippen LogP contribution in [0.2, 0.25) is 0 Å². The molecular weight excluding hydrogens is 541 g/mol. The van der Waals surface area contributed by atoms with Gasteiger partial charge in [-0.05, 0) is 111 Å². The Morgan fingerprint density at radius 1 is 0.649 bits per heavy atom. The Morgan fingerprint density at radius 2 is 1.08 bits per heavy atom. The summed E-state index contributed by atoms with van der Waals surface area (Å²) in [5.74, 6) is 0. The van der Waals surface area contributed by atoms with Gasteiger partial charge in [-0.3, -0.25) is 9.98 Å². The molecule has 0 aliphatic rings. The van der Waals surface area contributed by atoms with Gasteiger partial charge in [0.15, 0.2) is 0 Å². The van der Waals surface area contributed by atoms with Gasteiger partial charge in [0, 0.05) is 5.39 Å². The van der Waals surface area contributed by atoms with Crippen LogP contribution in [0.3, 0.4) is 0 Å². The molecule has 1 aromatic heterocycles. The number of rotatable bonds is 4. The van der Waals surface area contributed by atoms with Crippen LogP contribution in [0.1, 0.15) is 55.9 Å². The zero-order valence-electron chi connectivity index (χ0n) is 22.6. The van der Waals surface area contributed by atoms with Gasteiger partial charge < -0.3 is 0 Å². The second kappa shape index (κ2) is 12.8. The molecule has 1 heterocycles. The van der Waals surface area contributed by atoms with E-state index in [-0.39, 0.29) is 13.1 Å². The molecule has 0 N–H and O–H groups in total. The van der Waals surface area contributed by atoms with Crippen LogP contribution in [0.5, 0.6) is 0 Å². The Hall–Kier alpha value is -2.49. The molecule has 3 aromatic carbocycles. The van der Waals surface area contributed by atoms with Crippen LogP contribution in [0.4, 0.5) is 11.4 Å². The van der Waals surface area contributed by atoms with Crippen molar-refractivity contribution in [2.75, 3.05) is 0 Å². The maximum absolute atomic E-state index is 4.94. The summed E-state index contributed by atoms with van der Waals surface area (Å²) in [6.45, 7) is 17.1. The Bertz CT molecular complexity index is 1450. The number of pyridine rings is 1. The van der Waals surface area contributed by atoms with Gasteiger partial charge in [-0.2, -0.15) is 0 Å². The van der Waals surface area contributed by atoms with E-state index in [0.717, 1.165) is 33.5 Å². The molecule has 0 radical (unpaired) electrons. The van der Waals surface area contributed by atoms with Crippen molar-refractivity contribution < 1.29 is 13.1 Å². The van der Waals surface area contributed by atoms with Crippen molar-refractivity contribution in [1.29, 1.82) is 0 Å². The number of benzene rings is 3. The molecule has 0 saturated carbocycles. The normalized spacial score (nSPS) is 11.5. The number of aliphatic imine (C=N–C) groups is 2. The Kier molecular flexibility index (Phi) is 10.1. The number of nitrogens with zero attached hydrogens (tertiary/aromatic N) is 3. The molecule has 6 heteroatoms. The van der Waals surface area contributed by atoms with E-state index < -0.39 is 0 Å². The van der Waals surface area contributed by atoms with Gasteiger partial charge >= 0.3 is 33.3 Å². The van der Waals surface area contributed by atoms with Gasteiger partial charge in [0.25, 0.3) is 0 Å². The molecule has 0 amide bonds. The third-order valence-corrected chi connectivity index (χ3v) is 7.08. The summed E-state index contributed by atoms with van der Waals surface area (Å²) in [4.78, 5) is 14.7. The Labute approximate surface area is 235 Å². The molecule has 0 saturated heterocycles. The van der Waals surface area contributed by atoms with Crippen LogP contribution in [-0.4, -0.2) is 17.4 Å².